The maximum absolute atomic E-state index is 12.7. The lowest BCUT2D eigenvalue weighted by Gasteiger charge is -2.28. The Morgan fingerprint density at radius 1 is 1.33 bits per heavy atom. The molecule has 0 aromatic rings. The second-order valence-electron chi connectivity index (χ2n) is 6.49. The monoisotopic (exact) mass is 268 g/mol. The van der Waals surface area contributed by atoms with Crippen molar-refractivity contribution in [3.05, 3.63) is 0 Å². The van der Waals surface area contributed by atoms with Gasteiger partial charge in [-0.25, -0.2) is 0 Å². The molecule has 2 N–H and O–H groups in total. The summed E-state index contributed by atoms with van der Waals surface area (Å²) < 4.78 is -0.129. The van der Waals surface area contributed by atoms with Crippen LogP contribution in [0.3, 0.4) is 0 Å². The topological polar surface area (TPSA) is 46.3 Å². The van der Waals surface area contributed by atoms with Crippen LogP contribution in [-0.4, -0.2) is 40.4 Å². The summed E-state index contributed by atoms with van der Waals surface area (Å²) in [6, 6.07) is 0.373. The summed E-state index contributed by atoms with van der Waals surface area (Å²) in [7, 11) is 0. The molecule has 1 amide bonds. The van der Waals surface area contributed by atoms with Crippen LogP contribution in [0.1, 0.15) is 39.0 Å². The highest BCUT2D eigenvalue weighted by atomic mass is 32.2. The summed E-state index contributed by atoms with van der Waals surface area (Å²) in [4.78, 5) is 14.8. The van der Waals surface area contributed by atoms with Gasteiger partial charge in [-0.05, 0) is 56.6 Å². The van der Waals surface area contributed by atoms with Crippen LogP contribution >= 0.6 is 11.8 Å². The van der Waals surface area contributed by atoms with Crippen molar-refractivity contribution in [1.82, 2.24) is 4.90 Å². The third-order valence-corrected chi connectivity index (χ3v) is 6.56. The van der Waals surface area contributed by atoms with E-state index in [9.17, 15) is 4.79 Å². The van der Waals surface area contributed by atoms with Crippen LogP contribution in [0.4, 0.5) is 0 Å². The van der Waals surface area contributed by atoms with Crippen molar-refractivity contribution in [3.8, 4) is 0 Å². The van der Waals surface area contributed by atoms with Gasteiger partial charge >= 0.3 is 0 Å². The summed E-state index contributed by atoms with van der Waals surface area (Å²) in [6.45, 7) is 4.10. The minimum Gasteiger partial charge on any atom is -0.341 e. The van der Waals surface area contributed by atoms with Gasteiger partial charge in [-0.3, -0.25) is 4.79 Å². The first-order valence-electron chi connectivity index (χ1n) is 7.27. The third kappa shape index (κ3) is 2.18. The number of likely N-dealkylation sites (tertiary alicyclic amines) is 1. The molecule has 4 atom stereocenters. The molecule has 1 aliphatic carbocycles. The van der Waals surface area contributed by atoms with Gasteiger partial charge in [0.1, 0.15) is 0 Å². The predicted molar refractivity (Wildman–Crippen MR) is 75.5 cm³/mol. The van der Waals surface area contributed by atoms with Crippen molar-refractivity contribution in [3.63, 3.8) is 0 Å². The fourth-order valence-corrected chi connectivity index (χ4v) is 5.20. The van der Waals surface area contributed by atoms with E-state index >= 15 is 0 Å². The van der Waals surface area contributed by atoms with Crippen molar-refractivity contribution < 1.29 is 4.79 Å². The molecule has 2 heterocycles. The van der Waals surface area contributed by atoms with Crippen molar-refractivity contribution in [1.29, 1.82) is 0 Å². The standard InChI is InChI=1S/C14H24N2OS/c1-14(5-2-6-18-14)13(17)16-8-10-3-4-12(15)7-11(10)9-16/h10-12H,2-9,15H2,1H3/t10-,11+,12?,14?/m1/s1. The Labute approximate surface area is 114 Å². The maximum atomic E-state index is 12.7. The molecule has 0 aromatic carbocycles. The van der Waals surface area contributed by atoms with E-state index in [1.807, 2.05) is 11.8 Å². The number of fused-ring (bicyclic) bond motifs is 1. The average molecular weight is 268 g/mol. The van der Waals surface area contributed by atoms with Gasteiger partial charge in [0.25, 0.3) is 0 Å². The molecular weight excluding hydrogens is 244 g/mol. The molecular formula is C14H24N2OS. The van der Waals surface area contributed by atoms with Gasteiger partial charge < -0.3 is 10.6 Å². The number of thioether (sulfide) groups is 1. The molecule has 0 aromatic heterocycles. The highest BCUT2D eigenvalue weighted by Crippen LogP contribution is 2.42. The third-order valence-electron chi connectivity index (χ3n) is 5.05. The van der Waals surface area contributed by atoms with Gasteiger partial charge in [-0.15, -0.1) is 11.8 Å². The Balaban J connectivity index is 1.66. The Bertz CT molecular complexity index is 341. The number of carbonyl (C=O) groups excluding carboxylic acids is 1. The minimum atomic E-state index is -0.129. The zero-order valence-electron chi connectivity index (χ0n) is 11.2. The second-order valence-corrected chi connectivity index (χ2v) is 8.08. The lowest BCUT2D eigenvalue weighted by Crippen LogP contribution is -2.42. The summed E-state index contributed by atoms with van der Waals surface area (Å²) in [5.41, 5.74) is 6.05. The highest BCUT2D eigenvalue weighted by Gasteiger charge is 2.45. The van der Waals surface area contributed by atoms with E-state index in [0.717, 1.165) is 44.0 Å². The average Bonchev–Trinajstić information content (AvgIpc) is 2.94. The minimum absolute atomic E-state index is 0.129. The van der Waals surface area contributed by atoms with Crippen molar-refractivity contribution in [2.45, 2.75) is 49.8 Å². The molecule has 3 aliphatic rings. The fourth-order valence-electron chi connectivity index (χ4n) is 3.92. The van der Waals surface area contributed by atoms with Crippen LogP contribution < -0.4 is 5.73 Å². The molecule has 4 heteroatoms. The van der Waals surface area contributed by atoms with Gasteiger partial charge in [0.15, 0.2) is 0 Å². The van der Waals surface area contributed by atoms with Gasteiger partial charge in [0.05, 0.1) is 4.75 Å². The second kappa shape index (κ2) is 4.71. The molecule has 2 unspecified atom stereocenters. The smallest absolute Gasteiger partial charge is 0.238 e. The highest BCUT2D eigenvalue weighted by molar-refractivity contribution is 8.01. The van der Waals surface area contributed by atoms with E-state index in [0.29, 0.717) is 17.9 Å². The number of carbonyl (C=O) groups is 1. The van der Waals surface area contributed by atoms with E-state index in [1.165, 1.54) is 12.8 Å². The zero-order chi connectivity index (χ0) is 12.8. The Morgan fingerprint density at radius 2 is 2.11 bits per heavy atom. The van der Waals surface area contributed by atoms with E-state index < -0.39 is 0 Å². The summed E-state index contributed by atoms with van der Waals surface area (Å²) >= 11 is 1.86. The summed E-state index contributed by atoms with van der Waals surface area (Å²) in [5.74, 6) is 2.94. The number of amides is 1. The normalized spacial score (nSPS) is 44.1. The van der Waals surface area contributed by atoms with Crippen LogP contribution in [0, 0.1) is 11.8 Å². The molecule has 0 radical (unpaired) electrons. The number of nitrogens with zero attached hydrogens (tertiary/aromatic N) is 1. The lowest BCUT2D eigenvalue weighted by molar-refractivity contribution is -0.132. The first kappa shape index (κ1) is 12.8. The van der Waals surface area contributed by atoms with Gasteiger partial charge in [-0.1, -0.05) is 0 Å². The fraction of sp³-hybridized carbons (Fsp3) is 0.929. The van der Waals surface area contributed by atoms with Gasteiger partial charge in [-0.2, -0.15) is 0 Å². The van der Waals surface area contributed by atoms with E-state index in [2.05, 4.69) is 11.8 Å². The van der Waals surface area contributed by atoms with E-state index in [1.54, 1.807) is 0 Å². The maximum Gasteiger partial charge on any atom is 0.238 e. The van der Waals surface area contributed by atoms with Crippen molar-refractivity contribution >= 4 is 17.7 Å². The first-order valence-corrected chi connectivity index (χ1v) is 8.26. The van der Waals surface area contributed by atoms with E-state index in [-0.39, 0.29) is 4.75 Å². The van der Waals surface area contributed by atoms with Gasteiger partial charge in [0, 0.05) is 19.1 Å². The molecule has 1 saturated carbocycles. The lowest BCUT2D eigenvalue weighted by atomic mass is 9.79. The number of hydrogen-bond donors (Lipinski definition) is 1. The summed E-state index contributed by atoms with van der Waals surface area (Å²) in [6.07, 6.45) is 5.74. The molecule has 0 bridgehead atoms. The molecule has 18 heavy (non-hydrogen) atoms. The Morgan fingerprint density at radius 3 is 2.83 bits per heavy atom. The molecule has 102 valence electrons. The van der Waals surface area contributed by atoms with E-state index in [4.69, 9.17) is 5.73 Å². The summed E-state index contributed by atoms with van der Waals surface area (Å²) in [5, 5.41) is 0. The first-order chi connectivity index (χ1) is 8.58. The molecule has 3 nitrogen and oxygen atoms in total. The number of nitrogens with two attached hydrogens (primary N) is 1. The van der Waals surface area contributed by atoms with Crippen LogP contribution in [0.5, 0.6) is 0 Å². The molecule has 2 saturated heterocycles. The van der Waals surface area contributed by atoms with Crippen LogP contribution in [0.25, 0.3) is 0 Å². The number of rotatable bonds is 1. The molecule has 3 fully saturated rings. The number of hydrogen-bond acceptors (Lipinski definition) is 3. The largest absolute Gasteiger partial charge is 0.341 e. The Kier molecular flexibility index (Phi) is 3.35. The predicted octanol–water partition coefficient (Wildman–Crippen LogP) is 1.86. The van der Waals surface area contributed by atoms with Crippen LogP contribution in [0.2, 0.25) is 0 Å². The zero-order valence-corrected chi connectivity index (χ0v) is 12.0. The molecule has 0 spiro atoms. The van der Waals surface area contributed by atoms with Crippen molar-refractivity contribution in [2.75, 3.05) is 18.8 Å². The molecule has 3 rings (SSSR count). The Hall–Kier alpha value is -0.220. The quantitative estimate of drug-likeness (QED) is 0.789. The SMILES string of the molecule is CC1(C(=O)N2C[C@H]3CCC(N)C[C@H]3C2)CCCS1. The van der Waals surface area contributed by atoms with Gasteiger partial charge in [0.2, 0.25) is 5.91 Å². The molecule has 2 aliphatic heterocycles. The van der Waals surface area contributed by atoms with Crippen LogP contribution in [-0.2, 0) is 4.79 Å². The van der Waals surface area contributed by atoms with Crippen molar-refractivity contribution in [2.24, 2.45) is 17.6 Å². The van der Waals surface area contributed by atoms with Crippen LogP contribution in [0.15, 0.2) is 0 Å².